The van der Waals surface area contributed by atoms with Crippen LogP contribution in [0.15, 0.2) is 18.2 Å². The van der Waals surface area contributed by atoms with Crippen LogP contribution in [0.5, 0.6) is 0 Å². The largest absolute Gasteiger partial charge is 0.509 e. The zero-order chi connectivity index (χ0) is 10.3. The van der Waals surface area contributed by atoms with Crippen LogP contribution in [-0.4, -0.2) is 6.98 Å². The van der Waals surface area contributed by atoms with E-state index in [1.54, 1.807) is 0 Å². The molecule has 0 aromatic heterocycles. The van der Waals surface area contributed by atoms with Gasteiger partial charge >= 0.3 is 6.98 Å². The molecule has 0 spiro atoms. The van der Waals surface area contributed by atoms with Crippen LogP contribution in [0.2, 0.25) is 0 Å². The molecule has 5 heteroatoms. The molecule has 1 aromatic carbocycles. The Labute approximate surface area is 79.0 Å². The fourth-order valence-electron chi connectivity index (χ4n) is 1.47. The summed E-state index contributed by atoms with van der Waals surface area (Å²) in [6.45, 7) is -5.01. The van der Waals surface area contributed by atoms with Crippen molar-refractivity contribution in [2.24, 2.45) is 0 Å². The van der Waals surface area contributed by atoms with Crippen molar-refractivity contribution in [1.82, 2.24) is 0 Å². The summed E-state index contributed by atoms with van der Waals surface area (Å²) in [6, 6.07) is 2.67. The van der Waals surface area contributed by atoms with Gasteiger partial charge in [-0.25, -0.2) is 4.39 Å². The molecule has 1 saturated carbocycles. The Morgan fingerprint density at radius 1 is 1.14 bits per heavy atom. The molecular weight excluding hydrogens is 195 g/mol. The van der Waals surface area contributed by atoms with Crippen LogP contribution < -0.4 is 5.46 Å². The molecule has 0 amide bonds. The molecule has 0 atom stereocenters. The van der Waals surface area contributed by atoms with Crippen molar-refractivity contribution in [2.75, 3.05) is 0 Å². The van der Waals surface area contributed by atoms with Crippen molar-refractivity contribution in [1.29, 1.82) is 0 Å². The second-order valence-corrected chi connectivity index (χ2v) is 3.63. The van der Waals surface area contributed by atoms with Gasteiger partial charge < -0.3 is 12.9 Å². The number of benzene rings is 1. The van der Waals surface area contributed by atoms with E-state index in [0.717, 1.165) is 31.0 Å². The van der Waals surface area contributed by atoms with Crippen molar-refractivity contribution in [2.45, 2.75) is 18.8 Å². The van der Waals surface area contributed by atoms with Crippen LogP contribution in [0.3, 0.4) is 0 Å². The highest BCUT2D eigenvalue weighted by atomic mass is 19.4. The number of hydrogen-bond donors (Lipinski definition) is 0. The van der Waals surface area contributed by atoms with E-state index in [0.29, 0.717) is 0 Å². The van der Waals surface area contributed by atoms with Crippen LogP contribution in [-0.2, 0) is 0 Å². The topological polar surface area (TPSA) is 0 Å². The van der Waals surface area contributed by atoms with Gasteiger partial charge in [-0.1, -0.05) is 12.1 Å². The summed E-state index contributed by atoms with van der Waals surface area (Å²) in [5.74, 6) is -0.510. The second kappa shape index (κ2) is 3.00. The molecule has 0 aliphatic heterocycles. The molecule has 1 aromatic rings. The normalized spacial score (nSPS) is 17.1. The van der Waals surface area contributed by atoms with Crippen LogP contribution in [0.25, 0.3) is 0 Å². The van der Waals surface area contributed by atoms with E-state index in [-0.39, 0.29) is 11.5 Å². The van der Waals surface area contributed by atoms with E-state index in [9.17, 15) is 17.3 Å². The maximum Gasteiger partial charge on any atom is 0.509 e. The molecule has 0 heterocycles. The van der Waals surface area contributed by atoms with Gasteiger partial charge in [-0.15, -0.1) is 5.46 Å². The van der Waals surface area contributed by atoms with Crippen molar-refractivity contribution in [3.05, 3.63) is 29.6 Å². The molecule has 0 radical (unpaired) electrons. The summed E-state index contributed by atoms with van der Waals surface area (Å²) in [5, 5.41) is 0. The van der Waals surface area contributed by atoms with E-state index >= 15 is 0 Å². The predicted octanol–water partition coefficient (Wildman–Crippen LogP) is 2.76. The lowest BCUT2D eigenvalue weighted by Gasteiger charge is -2.16. The van der Waals surface area contributed by atoms with Gasteiger partial charge in [0, 0.05) is 0 Å². The minimum atomic E-state index is -5.01. The van der Waals surface area contributed by atoms with Gasteiger partial charge in [0.2, 0.25) is 0 Å². The minimum absolute atomic E-state index is 0.00750. The standard InChI is InChI=1S/C9H8BF4/c11-9-4-3-7(10(12,13)14)5-8(9)6-1-2-6/h3-6H,1-2H2/q-1. The summed E-state index contributed by atoms with van der Waals surface area (Å²) in [5.41, 5.74) is -0.477. The van der Waals surface area contributed by atoms with Crippen molar-refractivity contribution < 1.29 is 17.3 Å². The van der Waals surface area contributed by atoms with Crippen LogP contribution in [0.1, 0.15) is 24.3 Å². The maximum atomic E-state index is 13.1. The molecule has 0 bridgehead atoms. The van der Waals surface area contributed by atoms with Crippen molar-refractivity contribution >= 4 is 12.4 Å². The third-order valence-corrected chi connectivity index (χ3v) is 2.42. The Morgan fingerprint density at radius 3 is 2.29 bits per heavy atom. The first-order valence-corrected chi connectivity index (χ1v) is 4.48. The van der Waals surface area contributed by atoms with E-state index in [4.69, 9.17) is 0 Å². The number of hydrogen-bond acceptors (Lipinski definition) is 0. The Bertz CT molecular complexity index is 354. The molecule has 1 aliphatic rings. The van der Waals surface area contributed by atoms with Crippen LogP contribution in [0, 0.1) is 5.82 Å². The molecule has 0 saturated heterocycles. The molecule has 1 aliphatic carbocycles. The predicted molar refractivity (Wildman–Crippen MR) is 47.1 cm³/mol. The average molecular weight is 203 g/mol. The van der Waals surface area contributed by atoms with Crippen molar-refractivity contribution in [3.8, 4) is 0 Å². The van der Waals surface area contributed by atoms with Gasteiger partial charge in [0.1, 0.15) is 5.82 Å². The van der Waals surface area contributed by atoms with E-state index in [1.165, 1.54) is 0 Å². The number of halogens is 4. The average Bonchev–Trinajstić information content (AvgIpc) is 2.85. The smallest absolute Gasteiger partial charge is 0.445 e. The van der Waals surface area contributed by atoms with Gasteiger partial charge in [0.15, 0.2) is 0 Å². The van der Waals surface area contributed by atoms with E-state index in [1.807, 2.05) is 0 Å². The first-order valence-electron chi connectivity index (χ1n) is 4.48. The molecule has 2 rings (SSSR count). The van der Waals surface area contributed by atoms with Gasteiger partial charge in [-0.2, -0.15) is 0 Å². The first-order chi connectivity index (χ1) is 6.48. The zero-order valence-electron chi connectivity index (χ0n) is 7.31. The maximum absolute atomic E-state index is 13.1. The molecule has 0 nitrogen and oxygen atoms in total. The van der Waals surface area contributed by atoms with Crippen LogP contribution >= 0.6 is 0 Å². The molecule has 0 N–H and O–H groups in total. The highest BCUT2D eigenvalue weighted by Crippen LogP contribution is 2.41. The first kappa shape index (κ1) is 9.56. The monoisotopic (exact) mass is 203 g/mol. The Kier molecular flexibility index (Phi) is 2.05. The summed E-state index contributed by atoms with van der Waals surface area (Å²) in [7, 11) is 0. The lowest BCUT2D eigenvalue weighted by atomic mass is 9.79. The van der Waals surface area contributed by atoms with Crippen LogP contribution in [0.4, 0.5) is 17.3 Å². The SMILES string of the molecule is Fc1ccc([B-](F)(F)F)cc1C1CC1. The molecular formula is C9H8BF4-. The van der Waals surface area contributed by atoms with Gasteiger partial charge in [-0.3, -0.25) is 0 Å². The molecule has 76 valence electrons. The summed E-state index contributed by atoms with van der Waals surface area (Å²) >= 11 is 0. The number of rotatable bonds is 2. The Hall–Kier alpha value is -0.995. The third-order valence-electron chi connectivity index (χ3n) is 2.42. The van der Waals surface area contributed by atoms with Crippen molar-refractivity contribution in [3.63, 3.8) is 0 Å². The zero-order valence-corrected chi connectivity index (χ0v) is 7.31. The summed E-state index contributed by atoms with van der Waals surface area (Å²) < 4.78 is 50.1. The van der Waals surface area contributed by atoms with E-state index < -0.39 is 18.3 Å². The quantitative estimate of drug-likeness (QED) is 0.512. The molecule has 14 heavy (non-hydrogen) atoms. The van der Waals surface area contributed by atoms with Gasteiger partial charge in [-0.05, 0) is 30.4 Å². The highest BCUT2D eigenvalue weighted by Gasteiger charge is 2.30. The fraction of sp³-hybridized carbons (Fsp3) is 0.333. The third kappa shape index (κ3) is 1.76. The fourth-order valence-corrected chi connectivity index (χ4v) is 1.47. The lowest BCUT2D eigenvalue weighted by Crippen LogP contribution is -2.34. The summed E-state index contributed by atoms with van der Waals surface area (Å²) in [4.78, 5) is 0. The molecule has 0 unspecified atom stereocenters. The minimum Gasteiger partial charge on any atom is -0.445 e. The lowest BCUT2D eigenvalue weighted by molar-refractivity contribution is 0.500. The van der Waals surface area contributed by atoms with Gasteiger partial charge in [0.05, 0.1) is 0 Å². The Balaban J connectivity index is 2.40. The second-order valence-electron chi connectivity index (χ2n) is 3.63. The molecule has 1 fully saturated rings. The summed E-state index contributed by atoms with van der Waals surface area (Å²) in [6.07, 6.45) is 1.59. The van der Waals surface area contributed by atoms with E-state index in [2.05, 4.69) is 0 Å². The Morgan fingerprint density at radius 2 is 1.79 bits per heavy atom. The highest BCUT2D eigenvalue weighted by molar-refractivity contribution is 6.73. The van der Waals surface area contributed by atoms with Gasteiger partial charge in [0.25, 0.3) is 0 Å².